The van der Waals surface area contributed by atoms with Gasteiger partial charge in [-0.05, 0) is 36.2 Å². The third-order valence-corrected chi connectivity index (χ3v) is 3.09. The molecule has 0 atom stereocenters. The van der Waals surface area contributed by atoms with Gasteiger partial charge < -0.3 is 14.8 Å². The Balaban J connectivity index is 1.67. The third-order valence-electron chi connectivity index (χ3n) is 3.09. The summed E-state index contributed by atoms with van der Waals surface area (Å²) in [6, 6.07) is 10.9. The van der Waals surface area contributed by atoms with E-state index in [1.165, 1.54) is 24.4 Å². The first-order chi connectivity index (χ1) is 12.0. The lowest BCUT2D eigenvalue weighted by molar-refractivity contribution is -0.124. The highest BCUT2D eigenvalue weighted by Crippen LogP contribution is 2.14. The highest BCUT2D eigenvalue weighted by Gasteiger charge is 2.10. The molecule has 1 aromatic heterocycles. The Kier molecular flexibility index (Phi) is 6.82. The average Bonchev–Trinajstić information content (AvgIpc) is 2.61. The Hall–Kier alpha value is -3.03. The Morgan fingerprint density at radius 3 is 2.52 bits per heavy atom. The van der Waals surface area contributed by atoms with E-state index in [0.717, 1.165) is 5.56 Å². The number of carbonyl (C=O) groups excluding carboxylic acids is 2. The van der Waals surface area contributed by atoms with E-state index >= 15 is 0 Å². The Morgan fingerprint density at radius 1 is 1.12 bits per heavy atom. The summed E-state index contributed by atoms with van der Waals surface area (Å²) >= 11 is 0. The summed E-state index contributed by atoms with van der Waals surface area (Å²) in [6.45, 7) is -2.95. The first-order valence-corrected chi connectivity index (χ1v) is 7.43. The van der Waals surface area contributed by atoms with Crippen molar-refractivity contribution in [3.05, 3.63) is 59.9 Å². The lowest BCUT2D eigenvalue weighted by Gasteiger charge is -2.08. The number of nitrogens with one attached hydrogen (secondary N) is 1. The highest BCUT2D eigenvalue weighted by atomic mass is 19.3. The van der Waals surface area contributed by atoms with Crippen molar-refractivity contribution in [2.75, 3.05) is 13.2 Å². The maximum absolute atomic E-state index is 12.0. The number of pyridine rings is 1. The van der Waals surface area contributed by atoms with Gasteiger partial charge in [0.15, 0.2) is 6.61 Å². The van der Waals surface area contributed by atoms with Crippen LogP contribution >= 0.6 is 0 Å². The molecule has 25 heavy (non-hydrogen) atoms. The summed E-state index contributed by atoms with van der Waals surface area (Å²) < 4.78 is 33.2. The molecule has 1 amide bonds. The monoisotopic (exact) mass is 350 g/mol. The number of hydrogen-bond donors (Lipinski definition) is 1. The zero-order valence-corrected chi connectivity index (χ0v) is 13.2. The quantitative estimate of drug-likeness (QED) is 0.739. The first-order valence-electron chi connectivity index (χ1n) is 7.43. The van der Waals surface area contributed by atoms with E-state index in [4.69, 9.17) is 4.74 Å². The van der Waals surface area contributed by atoms with Crippen LogP contribution in [0, 0.1) is 0 Å². The van der Waals surface area contributed by atoms with Crippen LogP contribution in [0.1, 0.15) is 16.1 Å². The van der Waals surface area contributed by atoms with Crippen molar-refractivity contribution in [1.82, 2.24) is 10.3 Å². The van der Waals surface area contributed by atoms with E-state index in [0.29, 0.717) is 13.0 Å². The minimum atomic E-state index is -2.86. The highest BCUT2D eigenvalue weighted by molar-refractivity contribution is 5.89. The Bertz CT molecular complexity index is 694. The predicted molar refractivity (Wildman–Crippen MR) is 84.3 cm³/mol. The maximum atomic E-state index is 12.0. The van der Waals surface area contributed by atoms with Gasteiger partial charge in [-0.1, -0.05) is 18.2 Å². The molecule has 0 bridgehead atoms. The Labute approximate surface area is 142 Å². The fourth-order valence-corrected chi connectivity index (χ4v) is 1.92. The number of benzene rings is 1. The molecule has 0 unspecified atom stereocenters. The Morgan fingerprint density at radius 2 is 1.88 bits per heavy atom. The van der Waals surface area contributed by atoms with Crippen molar-refractivity contribution in [3.8, 4) is 5.75 Å². The molecule has 0 saturated heterocycles. The molecule has 1 N–H and O–H groups in total. The number of aromatic nitrogens is 1. The van der Waals surface area contributed by atoms with Crippen LogP contribution in [-0.2, 0) is 16.0 Å². The van der Waals surface area contributed by atoms with Gasteiger partial charge in [0.25, 0.3) is 5.91 Å². The maximum Gasteiger partial charge on any atom is 0.387 e. The van der Waals surface area contributed by atoms with E-state index in [1.807, 2.05) is 0 Å². The average molecular weight is 350 g/mol. The third kappa shape index (κ3) is 6.54. The van der Waals surface area contributed by atoms with E-state index in [-0.39, 0.29) is 11.4 Å². The summed E-state index contributed by atoms with van der Waals surface area (Å²) in [5.41, 5.74) is 0.966. The van der Waals surface area contributed by atoms with Crippen LogP contribution in [0.4, 0.5) is 8.78 Å². The standard InChI is InChI=1S/C17H16F2N2O4/c18-17(19)25-13-6-4-12(5-7-13)8-10-21-15(22)11-24-16(23)14-3-1-2-9-20-14/h1-7,9,17H,8,10-11H2,(H,21,22). The van der Waals surface area contributed by atoms with Crippen molar-refractivity contribution in [1.29, 1.82) is 0 Å². The number of alkyl halides is 2. The van der Waals surface area contributed by atoms with E-state index in [9.17, 15) is 18.4 Å². The number of halogens is 2. The molecule has 2 rings (SSSR count). The van der Waals surface area contributed by atoms with Crippen LogP contribution in [-0.4, -0.2) is 36.6 Å². The summed E-state index contributed by atoms with van der Waals surface area (Å²) in [6.07, 6.45) is 1.95. The number of rotatable bonds is 8. The van der Waals surface area contributed by atoms with Crippen LogP contribution in [0.5, 0.6) is 5.75 Å². The lowest BCUT2D eigenvalue weighted by atomic mass is 10.1. The van der Waals surface area contributed by atoms with E-state index < -0.39 is 25.1 Å². The van der Waals surface area contributed by atoms with Gasteiger partial charge in [0.2, 0.25) is 0 Å². The van der Waals surface area contributed by atoms with Gasteiger partial charge in [-0.25, -0.2) is 9.78 Å². The molecular weight excluding hydrogens is 334 g/mol. The summed E-state index contributed by atoms with van der Waals surface area (Å²) in [7, 11) is 0. The summed E-state index contributed by atoms with van der Waals surface area (Å²) in [4.78, 5) is 27.1. The number of hydrogen-bond acceptors (Lipinski definition) is 5. The van der Waals surface area contributed by atoms with Crippen LogP contribution in [0.15, 0.2) is 48.7 Å². The van der Waals surface area contributed by atoms with Crippen LogP contribution in [0.25, 0.3) is 0 Å². The molecule has 8 heteroatoms. The van der Waals surface area contributed by atoms with Crippen molar-refractivity contribution in [2.45, 2.75) is 13.0 Å². The molecule has 0 aliphatic carbocycles. The van der Waals surface area contributed by atoms with Gasteiger partial charge in [-0.2, -0.15) is 8.78 Å². The molecular formula is C17H16F2N2O4. The second-order valence-electron chi connectivity index (χ2n) is 4.91. The summed E-state index contributed by atoms with van der Waals surface area (Å²) in [5.74, 6) is -1.04. The SMILES string of the molecule is O=C(COC(=O)c1ccccn1)NCCc1ccc(OC(F)F)cc1. The molecule has 0 saturated carbocycles. The minimum absolute atomic E-state index is 0.0734. The van der Waals surface area contributed by atoms with Gasteiger partial charge >= 0.3 is 12.6 Å². The number of esters is 1. The smallest absolute Gasteiger partial charge is 0.387 e. The number of amides is 1. The van der Waals surface area contributed by atoms with E-state index in [2.05, 4.69) is 15.0 Å². The van der Waals surface area contributed by atoms with Gasteiger partial charge in [-0.15, -0.1) is 0 Å². The molecule has 0 aliphatic rings. The van der Waals surface area contributed by atoms with Gasteiger partial charge in [0, 0.05) is 12.7 Å². The molecule has 132 valence electrons. The van der Waals surface area contributed by atoms with Crippen LogP contribution < -0.4 is 10.1 Å². The van der Waals surface area contributed by atoms with E-state index in [1.54, 1.807) is 24.3 Å². The van der Waals surface area contributed by atoms with Crippen molar-refractivity contribution >= 4 is 11.9 Å². The molecule has 0 fully saturated rings. The second-order valence-corrected chi connectivity index (χ2v) is 4.91. The number of carbonyl (C=O) groups is 2. The van der Waals surface area contributed by atoms with Gasteiger partial charge in [0.05, 0.1) is 0 Å². The van der Waals surface area contributed by atoms with Crippen LogP contribution in [0.3, 0.4) is 0 Å². The van der Waals surface area contributed by atoms with Crippen molar-refractivity contribution in [3.63, 3.8) is 0 Å². The first kappa shape index (κ1) is 18.3. The molecule has 0 aliphatic heterocycles. The number of nitrogens with zero attached hydrogens (tertiary/aromatic N) is 1. The van der Waals surface area contributed by atoms with Crippen molar-refractivity contribution in [2.24, 2.45) is 0 Å². The van der Waals surface area contributed by atoms with Gasteiger partial charge in [0.1, 0.15) is 11.4 Å². The largest absolute Gasteiger partial charge is 0.451 e. The molecule has 6 nitrogen and oxygen atoms in total. The molecule has 1 heterocycles. The zero-order valence-electron chi connectivity index (χ0n) is 13.2. The molecule has 2 aromatic rings. The molecule has 0 spiro atoms. The normalized spacial score (nSPS) is 10.4. The molecule has 0 radical (unpaired) electrons. The van der Waals surface area contributed by atoms with Crippen LogP contribution in [0.2, 0.25) is 0 Å². The molecule has 1 aromatic carbocycles. The lowest BCUT2D eigenvalue weighted by Crippen LogP contribution is -2.30. The number of ether oxygens (including phenoxy) is 2. The van der Waals surface area contributed by atoms with Crippen molar-refractivity contribution < 1.29 is 27.8 Å². The fraction of sp³-hybridized carbons (Fsp3) is 0.235. The topological polar surface area (TPSA) is 77.5 Å². The summed E-state index contributed by atoms with van der Waals surface area (Å²) in [5, 5.41) is 2.60. The predicted octanol–water partition coefficient (Wildman–Crippen LogP) is 2.20. The second kappa shape index (κ2) is 9.31. The fourth-order valence-electron chi connectivity index (χ4n) is 1.92. The zero-order chi connectivity index (χ0) is 18.1. The van der Waals surface area contributed by atoms with Gasteiger partial charge in [-0.3, -0.25) is 4.79 Å². The minimum Gasteiger partial charge on any atom is -0.451 e.